The molecule has 0 aromatic rings. The molecule has 1 aliphatic rings. The first-order valence-corrected chi connectivity index (χ1v) is 8.41. The lowest BCUT2D eigenvalue weighted by molar-refractivity contribution is 0.0255. The zero-order valence-electron chi connectivity index (χ0n) is 11.2. The fourth-order valence-electron chi connectivity index (χ4n) is 2.36. The van der Waals surface area contributed by atoms with Gasteiger partial charge in [-0.05, 0) is 25.8 Å². The SMILES string of the molecule is CC(CCNCC1(O)CCCCCC1)S(C)=O. The van der Waals surface area contributed by atoms with E-state index in [9.17, 15) is 9.32 Å². The molecule has 0 aliphatic heterocycles. The molecule has 0 bridgehead atoms. The van der Waals surface area contributed by atoms with Crippen LogP contribution in [0, 0.1) is 0 Å². The Labute approximate surface area is 108 Å². The van der Waals surface area contributed by atoms with E-state index in [2.05, 4.69) is 5.32 Å². The van der Waals surface area contributed by atoms with Gasteiger partial charge in [-0.2, -0.15) is 0 Å². The third-order valence-corrected chi connectivity index (χ3v) is 5.15. The Morgan fingerprint density at radius 3 is 2.41 bits per heavy atom. The smallest absolute Gasteiger partial charge is 0.0771 e. The van der Waals surface area contributed by atoms with Gasteiger partial charge in [0.1, 0.15) is 0 Å². The van der Waals surface area contributed by atoms with Crippen LogP contribution in [-0.4, -0.2) is 39.5 Å². The van der Waals surface area contributed by atoms with Gasteiger partial charge in [0.2, 0.25) is 0 Å². The molecule has 0 radical (unpaired) electrons. The van der Waals surface area contributed by atoms with Gasteiger partial charge in [0.25, 0.3) is 0 Å². The second-order valence-electron chi connectivity index (χ2n) is 5.41. The van der Waals surface area contributed by atoms with Crippen LogP contribution in [0.4, 0.5) is 0 Å². The van der Waals surface area contributed by atoms with Gasteiger partial charge >= 0.3 is 0 Å². The van der Waals surface area contributed by atoms with Crippen molar-refractivity contribution in [2.75, 3.05) is 19.3 Å². The number of hydrogen-bond acceptors (Lipinski definition) is 3. The average molecular weight is 261 g/mol. The van der Waals surface area contributed by atoms with Crippen molar-refractivity contribution in [3.63, 3.8) is 0 Å². The summed E-state index contributed by atoms with van der Waals surface area (Å²) in [5.74, 6) is 0. The normalized spacial score (nSPS) is 23.9. The standard InChI is InChI=1S/C13H27NO2S/c1-12(17(2)16)7-10-14-11-13(15)8-5-3-4-6-9-13/h12,14-15H,3-11H2,1-2H3. The quantitative estimate of drug-likeness (QED) is 0.566. The van der Waals surface area contributed by atoms with Gasteiger partial charge in [-0.15, -0.1) is 0 Å². The molecule has 4 heteroatoms. The maximum Gasteiger partial charge on any atom is 0.0771 e. The molecule has 17 heavy (non-hydrogen) atoms. The Balaban J connectivity index is 2.18. The molecule has 2 N–H and O–H groups in total. The summed E-state index contributed by atoms with van der Waals surface area (Å²) in [6, 6.07) is 0. The Bertz CT molecular complexity index is 238. The van der Waals surface area contributed by atoms with Crippen LogP contribution in [0.1, 0.15) is 51.9 Å². The van der Waals surface area contributed by atoms with E-state index in [-0.39, 0.29) is 5.25 Å². The van der Waals surface area contributed by atoms with E-state index in [0.29, 0.717) is 6.54 Å². The molecule has 1 fully saturated rings. The summed E-state index contributed by atoms with van der Waals surface area (Å²) < 4.78 is 11.2. The third kappa shape index (κ3) is 5.98. The summed E-state index contributed by atoms with van der Waals surface area (Å²) in [6.07, 6.45) is 9.33. The van der Waals surface area contributed by atoms with Gasteiger partial charge in [0.05, 0.1) is 5.60 Å². The summed E-state index contributed by atoms with van der Waals surface area (Å²) in [7, 11) is -0.734. The third-order valence-electron chi connectivity index (χ3n) is 3.78. The van der Waals surface area contributed by atoms with Crippen LogP contribution in [0.3, 0.4) is 0 Å². The van der Waals surface area contributed by atoms with Gasteiger partial charge in [-0.25, -0.2) is 0 Å². The highest BCUT2D eigenvalue weighted by Gasteiger charge is 2.27. The zero-order chi connectivity index (χ0) is 12.7. The van der Waals surface area contributed by atoms with Crippen molar-refractivity contribution < 1.29 is 9.32 Å². The molecule has 102 valence electrons. The number of rotatable bonds is 6. The minimum Gasteiger partial charge on any atom is -0.389 e. The molecular weight excluding hydrogens is 234 g/mol. The first-order valence-electron chi connectivity index (χ1n) is 6.79. The first-order chi connectivity index (χ1) is 8.03. The van der Waals surface area contributed by atoms with Gasteiger partial charge in [0, 0.05) is 28.9 Å². The number of nitrogens with one attached hydrogen (secondary N) is 1. The molecule has 0 amide bonds. The van der Waals surface area contributed by atoms with Crippen LogP contribution >= 0.6 is 0 Å². The van der Waals surface area contributed by atoms with Crippen molar-refractivity contribution in [1.82, 2.24) is 5.32 Å². The summed E-state index contributed by atoms with van der Waals surface area (Å²) in [6.45, 7) is 3.55. The van der Waals surface area contributed by atoms with Crippen molar-refractivity contribution in [2.24, 2.45) is 0 Å². The van der Waals surface area contributed by atoms with Gasteiger partial charge in [-0.3, -0.25) is 4.21 Å². The van der Waals surface area contributed by atoms with Crippen molar-refractivity contribution >= 4 is 10.8 Å². The lowest BCUT2D eigenvalue weighted by Gasteiger charge is -2.27. The Hall–Kier alpha value is 0.0700. The highest BCUT2D eigenvalue weighted by atomic mass is 32.2. The molecule has 0 aromatic heterocycles. The Morgan fingerprint density at radius 1 is 1.29 bits per heavy atom. The molecule has 0 saturated heterocycles. The second kappa shape index (κ2) is 7.49. The van der Waals surface area contributed by atoms with E-state index < -0.39 is 16.4 Å². The predicted molar refractivity (Wildman–Crippen MR) is 73.7 cm³/mol. The van der Waals surface area contributed by atoms with E-state index in [4.69, 9.17) is 0 Å². The molecular formula is C13H27NO2S. The minimum atomic E-state index is -0.734. The highest BCUT2D eigenvalue weighted by Crippen LogP contribution is 2.26. The zero-order valence-corrected chi connectivity index (χ0v) is 12.0. The Kier molecular flexibility index (Phi) is 6.67. The molecule has 2 unspecified atom stereocenters. The van der Waals surface area contributed by atoms with Crippen LogP contribution in [0.15, 0.2) is 0 Å². The van der Waals surface area contributed by atoms with Crippen molar-refractivity contribution in [1.29, 1.82) is 0 Å². The first kappa shape index (κ1) is 15.1. The molecule has 1 rings (SSSR count). The highest BCUT2D eigenvalue weighted by molar-refractivity contribution is 7.84. The largest absolute Gasteiger partial charge is 0.389 e. The van der Waals surface area contributed by atoms with Crippen LogP contribution in [0.5, 0.6) is 0 Å². The fourth-order valence-corrected chi connectivity index (χ4v) is 2.81. The second-order valence-corrected chi connectivity index (χ2v) is 7.22. The maximum absolute atomic E-state index is 11.2. The van der Waals surface area contributed by atoms with E-state index >= 15 is 0 Å². The van der Waals surface area contributed by atoms with Gasteiger partial charge < -0.3 is 10.4 Å². The topological polar surface area (TPSA) is 49.3 Å². The minimum absolute atomic E-state index is 0.242. The van der Waals surface area contributed by atoms with Crippen LogP contribution < -0.4 is 5.32 Å². The van der Waals surface area contributed by atoms with Gasteiger partial charge in [-0.1, -0.05) is 32.6 Å². The predicted octanol–water partition coefficient (Wildman–Crippen LogP) is 1.82. The van der Waals surface area contributed by atoms with Crippen LogP contribution in [-0.2, 0) is 10.8 Å². The summed E-state index contributed by atoms with van der Waals surface area (Å²) in [4.78, 5) is 0. The van der Waals surface area contributed by atoms with Gasteiger partial charge in [0.15, 0.2) is 0 Å². The maximum atomic E-state index is 11.2. The lowest BCUT2D eigenvalue weighted by atomic mass is 9.94. The molecule has 0 heterocycles. The Morgan fingerprint density at radius 2 is 1.88 bits per heavy atom. The van der Waals surface area contributed by atoms with Crippen molar-refractivity contribution in [3.8, 4) is 0 Å². The van der Waals surface area contributed by atoms with Crippen molar-refractivity contribution in [3.05, 3.63) is 0 Å². The monoisotopic (exact) mass is 261 g/mol. The molecule has 1 aliphatic carbocycles. The molecule has 1 saturated carbocycles. The average Bonchev–Trinajstić information content (AvgIpc) is 2.49. The number of aliphatic hydroxyl groups is 1. The van der Waals surface area contributed by atoms with E-state index in [1.54, 1.807) is 6.26 Å². The van der Waals surface area contributed by atoms with Crippen molar-refractivity contribution in [2.45, 2.75) is 62.7 Å². The van der Waals surface area contributed by atoms with E-state index in [1.807, 2.05) is 6.92 Å². The van der Waals surface area contributed by atoms with E-state index in [1.165, 1.54) is 12.8 Å². The molecule has 3 nitrogen and oxygen atoms in total. The summed E-state index contributed by atoms with van der Waals surface area (Å²) in [5, 5.41) is 14.0. The molecule has 2 atom stereocenters. The fraction of sp³-hybridized carbons (Fsp3) is 1.00. The summed E-state index contributed by atoms with van der Waals surface area (Å²) >= 11 is 0. The molecule has 0 aromatic carbocycles. The number of hydrogen-bond donors (Lipinski definition) is 2. The lowest BCUT2D eigenvalue weighted by Crippen LogP contribution is -2.41. The van der Waals surface area contributed by atoms with E-state index in [0.717, 1.165) is 38.6 Å². The molecule has 0 spiro atoms. The summed E-state index contributed by atoms with van der Waals surface area (Å²) in [5.41, 5.74) is -0.495. The van der Waals surface area contributed by atoms with Crippen LogP contribution in [0.2, 0.25) is 0 Å². The van der Waals surface area contributed by atoms with Crippen LogP contribution in [0.25, 0.3) is 0 Å².